The zero-order valence-electron chi connectivity index (χ0n) is 33.9. The first-order valence-corrected chi connectivity index (χ1v) is 29.3. The van der Waals surface area contributed by atoms with Crippen LogP contribution in [0.5, 0.6) is 0 Å². The molecule has 12 atom stereocenters. The summed E-state index contributed by atoms with van der Waals surface area (Å²) in [4.78, 5) is 0. The molecule has 0 aliphatic heterocycles. The molecule has 0 amide bonds. The van der Waals surface area contributed by atoms with Crippen LogP contribution in [0.25, 0.3) is 0 Å². The largest absolute Gasteiger partial charge is 0.317 e. The molecule has 0 spiro atoms. The topological polar surface area (TPSA) is 36.9 Å². The maximum atomic E-state index is 7.32. The Morgan fingerprint density at radius 1 is 0.400 bits per heavy atom. The Kier molecular flexibility index (Phi) is 17.7. The fourth-order valence-electron chi connectivity index (χ4n) is 9.81. The fraction of sp³-hybridized carbons (Fsp3) is 1.00. The van der Waals surface area contributed by atoms with Gasteiger partial charge in [0.15, 0.2) is 0 Å². The molecule has 0 unspecified atom stereocenters. The smallest absolute Gasteiger partial charge is 0.258 e. The molecule has 0 N–H and O–H groups in total. The number of rotatable bonds is 15. The summed E-state index contributed by atoms with van der Waals surface area (Å²) in [6.07, 6.45) is 14.5. The first-order chi connectivity index (χ1) is 23.4. The first kappa shape index (κ1) is 44.6. The molecule has 50 heavy (non-hydrogen) atoms. The van der Waals surface area contributed by atoms with Gasteiger partial charge in [-0.25, -0.2) is 0 Å². The van der Waals surface area contributed by atoms with Gasteiger partial charge >= 0.3 is 0 Å². The van der Waals surface area contributed by atoms with E-state index in [0.717, 1.165) is 25.7 Å². The molecule has 0 aromatic rings. The van der Waals surface area contributed by atoms with E-state index in [1.54, 1.807) is 20.8 Å². The maximum absolute atomic E-state index is 7.32. The van der Waals surface area contributed by atoms with Crippen LogP contribution in [-0.2, 0) is 41.7 Å². The van der Waals surface area contributed by atoms with E-state index in [1.807, 2.05) is 0 Å². The lowest BCUT2D eigenvalue weighted by atomic mass is 9.75. The molecule has 10 heteroatoms. The molecule has 0 saturated heterocycles. The molecule has 0 aromatic carbocycles. The van der Waals surface area contributed by atoms with Crippen molar-refractivity contribution in [2.24, 2.45) is 71.0 Å². The molecule has 294 valence electrons. The van der Waals surface area contributed by atoms with Gasteiger partial charge in [0, 0.05) is 20.8 Å². The van der Waals surface area contributed by atoms with Crippen LogP contribution in [0, 0.1) is 71.0 Å². The van der Waals surface area contributed by atoms with Crippen LogP contribution in [0.2, 0.25) is 0 Å². The molecule has 4 aliphatic carbocycles. The Labute approximate surface area is 327 Å². The Balaban J connectivity index is 1.68. The van der Waals surface area contributed by atoms with Gasteiger partial charge in [0.2, 0.25) is 0 Å². The molecule has 4 fully saturated rings. The molecule has 4 nitrogen and oxygen atoms in total. The minimum atomic E-state index is -2.85. The van der Waals surface area contributed by atoms with Crippen molar-refractivity contribution in [1.82, 2.24) is 0 Å². The van der Waals surface area contributed by atoms with Gasteiger partial charge in [-0.3, -0.25) is 0 Å². The molecule has 0 heterocycles. The normalized spacial score (nSPS) is 38.0. The summed E-state index contributed by atoms with van der Waals surface area (Å²) in [5, 5.41) is 0. The van der Waals surface area contributed by atoms with Crippen LogP contribution in [0.15, 0.2) is 0 Å². The molecular formula is C40H76O4P2S4. The lowest BCUT2D eigenvalue weighted by Gasteiger charge is -2.44. The molecule has 0 radical (unpaired) electrons. The minimum Gasteiger partial charge on any atom is -0.317 e. The third-order valence-electron chi connectivity index (χ3n) is 13.1. The quantitative estimate of drug-likeness (QED) is 0.120. The summed E-state index contributed by atoms with van der Waals surface area (Å²) in [5.41, 5.74) is -5.69. The summed E-state index contributed by atoms with van der Waals surface area (Å²) < 4.78 is 29.3. The maximum Gasteiger partial charge on any atom is 0.258 e. The lowest BCUT2D eigenvalue weighted by Crippen LogP contribution is -2.36. The van der Waals surface area contributed by atoms with Crippen LogP contribution in [-0.4, -0.2) is 24.4 Å². The van der Waals surface area contributed by atoms with Crippen molar-refractivity contribution >= 4 is 55.8 Å². The van der Waals surface area contributed by atoms with E-state index >= 15 is 0 Å². The van der Waals surface area contributed by atoms with Gasteiger partial charge in [0.1, 0.15) is 0 Å². The van der Waals surface area contributed by atoms with Crippen molar-refractivity contribution in [3.63, 3.8) is 0 Å². The van der Waals surface area contributed by atoms with Crippen molar-refractivity contribution in [2.45, 2.75) is 185 Å². The van der Waals surface area contributed by atoms with Crippen LogP contribution >= 0.6 is 32.2 Å². The van der Waals surface area contributed by atoms with Crippen LogP contribution in [0.3, 0.4) is 0 Å². The Hall–Kier alpha value is 1.84. The highest BCUT2D eigenvalue weighted by atomic mass is 33.5. The van der Waals surface area contributed by atoms with Gasteiger partial charge in [0.25, 0.3) is 11.4 Å². The van der Waals surface area contributed by atoms with E-state index in [2.05, 4.69) is 83.1 Å². The third-order valence-corrected chi connectivity index (χ3v) is 28.0. The van der Waals surface area contributed by atoms with Crippen molar-refractivity contribution in [2.75, 3.05) is 0 Å². The molecule has 4 rings (SSSR count). The third kappa shape index (κ3) is 12.7. The van der Waals surface area contributed by atoms with Gasteiger partial charge in [-0.1, -0.05) is 109 Å². The zero-order chi connectivity index (χ0) is 37.0. The van der Waals surface area contributed by atoms with Crippen LogP contribution < -0.4 is 0 Å². The van der Waals surface area contributed by atoms with Crippen molar-refractivity contribution in [3.8, 4) is 0 Å². The second-order valence-electron chi connectivity index (χ2n) is 18.9. The molecule has 0 aromatic heterocycles. The molecule has 4 saturated carbocycles. The van der Waals surface area contributed by atoms with E-state index in [0.29, 0.717) is 71.0 Å². The van der Waals surface area contributed by atoms with Gasteiger partial charge in [-0.15, -0.1) is 0 Å². The average Bonchev–Trinajstić information content (AvgIpc) is 2.99. The SMILES string of the molecule is CC(C)[C@@H]1CC[C@@H](C)C[C@H]1OP(=S)(O[C@@H]1C[C@H](C)CC[C@H]1C(C)C)SSP(=S)(O[C@@H]1C[C@H](C)CC[C@H]1C(C)C)O[C@@H]1C[C@H](C)CC[C@H]1C(C)C. The van der Waals surface area contributed by atoms with Gasteiger partial charge in [-0.2, -0.15) is 0 Å². The predicted molar refractivity (Wildman–Crippen MR) is 229 cm³/mol. The average molecular weight is 811 g/mol. The van der Waals surface area contributed by atoms with Crippen molar-refractivity contribution < 1.29 is 18.1 Å². The summed E-state index contributed by atoms with van der Waals surface area (Å²) in [7, 11) is 3.28. The predicted octanol–water partition coefficient (Wildman–Crippen LogP) is 14.7. The van der Waals surface area contributed by atoms with Crippen LogP contribution in [0.1, 0.15) is 160 Å². The Morgan fingerprint density at radius 2 is 0.600 bits per heavy atom. The highest BCUT2D eigenvalue weighted by molar-refractivity contribution is 9.17. The van der Waals surface area contributed by atoms with E-state index in [-0.39, 0.29) is 24.4 Å². The summed E-state index contributed by atoms with van der Waals surface area (Å²) in [6, 6.07) is 0. The van der Waals surface area contributed by atoms with Crippen LogP contribution in [0.4, 0.5) is 0 Å². The van der Waals surface area contributed by atoms with E-state index in [4.69, 9.17) is 41.7 Å². The molecule has 0 bridgehead atoms. The Morgan fingerprint density at radius 3 is 0.780 bits per heavy atom. The molecule has 4 aliphatic rings. The van der Waals surface area contributed by atoms with E-state index < -0.39 is 11.4 Å². The summed E-state index contributed by atoms with van der Waals surface area (Å²) in [6.45, 7) is 28.4. The monoisotopic (exact) mass is 810 g/mol. The standard InChI is InChI=1S/C40H76O4P2S4/c1-25(2)33-17-13-29(9)21-37(33)41-45(47,42-38-22-30(10)14-18-34(38)26(3)4)49-50-46(48,43-39-23-31(11)15-19-35(39)27(5)6)44-40-24-32(12)16-20-36(40)28(7)8/h25-40H,13-24H2,1-12H3/t29-,30-,31-,32-,33+,34+,35+,36+,37-,38-,39-,40-/m1/s1. The van der Waals surface area contributed by atoms with E-state index in [1.165, 1.54) is 51.4 Å². The second kappa shape index (κ2) is 19.8. The number of hydrogen-bond donors (Lipinski definition) is 0. The van der Waals surface area contributed by atoms with Gasteiger partial charge < -0.3 is 18.1 Å². The Bertz CT molecular complexity index is 975. The minimum absolute atomic E-state index is 0.116. The summed E-state index contributed by atoms with van der Waals surface area (Å²) in [5.74, 6) is 6.71. The van der Waals surface area contributed by atoms with Gasteiger partial charge in [0.05, 0.1) is 24.4 Å². The zero-order valence-corrected chi connectivity index (χ0v) is 38.9. The lowest BCUT2D eigenvalue weighted by molar-refractivity contribution is 0.0135. The van der Waals surface area contributed by atoms with Crippen molar-refractivity contribution in [1.29, 1.82) is 0 Å². The van der Waals surface area contributed by atoms with Crippen molar-refractivity contribution in [3.05, 3.63) is 0 Å². The first-order valence-electron chi connectivity index (χ1n) is 20.7. The second-order valence-corrected chi connectivity index (χ2v) is 32.6. The highest BCUT2D eigenvalue weighted by Gasteiger charge is 2.45. The number of hydrogen-bond acceptors (Lipinski definition) is 8. The summed E-state index contributed by atoms with van der Waals surface area (Å²) >= 11 is 13.5. The highest BCUT2D eigenvalue weighted by Crippen LogP contribution is 2.80. The fourth-order valence-corrected chi connectivity index (χ4v) is 27.6. The molecular weight excluding hydrogens is 735 g/mol. The van der Waals surface area contributed by atoms with E-state index in [9.17, 15) is 0 Å². The van der Waals surface area contributed by atoms with Gasteiger partial charge in [-0.05, 0) is 146 Å².